The van der Waals surface area contributed by atoms with Crippen molar-refractivity contribution in [1.82, 2.24) is 5.43 Å². The second kappa shape index (κ2) is 7.21. The summed E-state index contributed by atoms with van der Waals surface area (Å²) in [6.45, 7) is 0. The molecule has 0 aromatic heterocycles. The minimum Gasteiger partial charge on any atom is -0.497 e. The Labute approximate surface area is 127 Å². The van der Waals surface area contributed by atoms with Gasteiger partial charge in [0.1, 0.15) is 17.3 Å². The van der Waals surface area contributed by atoms with E-state index >= 15 is 0 Å². The minimum absolute atomic E-state index is 0.329. The molecule has 0 bridgehead atoms. The van der Waals surface area contributed by atoms with Crippen LogP contribution in [-0.2, 0) is 0 Å². The van der Waals surface area contributed by atoms with Crippen LogP contribution in [0.3, 0.4) is 0 Å². The predicted octanol–water partition coefficient (Wildman–Crippen LogP) is 2.61. The van der Waals surface area contributed by atoms with E-state index in [1.165, 1.54) is 32.6 Å². The first kappa shape index (κ1) is 15.5. The first-order valence-electron chi connectivity index (χ1n) is 6.44. The molecule has 0 heterocycles. The number of nitrogens with one attached hydrogen (secondary N) is 1. The van der Waals surface area contributed by atoms with Crippen molar-refractivity contribution in [3.8, 4) is 11.5 Å². The second-order valence-electron chi connectivity index (χ2n) is 4.35. The van der Waals surface area contributed by atoms with Gasteiger partial charge in [0, 0.05) is 11.6 Å². The van der Waals surface area contributed by atoms with Gasteiger partial charge in [0.2, 0.25) is 0 Å². The third-order valence-corrected chi connectivity index (χ3v) is 2.86. The Morgan fingerprint density at radius 1 is 1.09 bits per heavy atom. The number of hydrogen-bond acceptors (Lipinski definition) is 4. The van der Waals surface area contributed by atoms with Crippen molar-refractivity contribution in [3.05, 3.63) is 59.4 Å². The Hall–Kier alpha value is -2.89. The number of carbonyl (C=O) groups is 1. The van der Waals surface area contributed by atoms with E-state index < -0.39 is 5.91 Å². The third-order valence-electron chi connectivity index (χ3n) is 2.86. The highest BCUT2D eigenvalue weighted by Gasteiger charge is 2.08. The van der Waals surface area contributed by atoms with Crippen LogP contribution in [0.1, 0.15) is 15.9 Å². The Morgan fingerprint density at radius 3 is 2.23 bits per heavy atom. The number of halogens is 1. The van der Waals surface area contributed by atoms with Crippen molar-refractivity contribution >= 4 is 12.1 Å². The van der Waals surface area contributed by atoms with Crippen LogP contribution in [0.2, 0.25) is 0 Å². The first-order chi connectivity index (χ1) is 10.6. The molecular formula is C16H15FN2O3. The van der Waals surface area contributed by atoms with Crippen molar-refractivity contribution < 1.29 is 18.7 Å². The second-order valence-corrected chi connectivity index (χ2v) is 4.35. The maximum absolute atomic E-state index is 12.8. The molecule has 0 aliphatic heterocycles. The van der Waals surface area contributed by atoms with Crippen molar-refractivity contribution in [2.45, 2.75) is 0 Å². The molecule has 0 aliphatic rings. The van der Waals surface area contributed by atoms with Gasteiger partial charge in [0.05, 0.1) is 20.4 Å². The molecule has 0 fully saturated rings. The molecule has 22 heavy (non-hydrogen) atoms. The molecule has 2 aromatic rings. The highest BCUT2D eigenvalue weighted by atomic mass is 19.1. The summed E-state index contributed by atoms with van der Waals surface area (Å²) >= 11 is 0. The standard InChI is InChI=1S/C16H15FN2O3/c1-21-14-7-12(8-15(9-14)22-2)16(20)19-18-10-11-3-5-13(17)6-4-11/h3-10H,1-2H3,(H,19,20)/b18-10+. The molecule has 0 saturated heterocycles. The van der Waals surface area contributed by atoms with Crippen LogP contribution < -0.4 is 14.9 Å². The molecule has 5 nitrogen and oxygen atoms in total. The summed E-state index contributed by atoms with van der Waals surface area (Å²) in [6.07, 6.45) is 1.43. The Morgan fingerprint density at radius 2 is 1.68 bits per heavy atom. The van der Waals surface area contributed by atoms with E-state index in [1.54, 1.807) is 30.3 Å². The van der Waals surface area contributed by atoms with Gasteiger partial charge >= 0.3 is 0 Å². The topological polar surface area (TPSA) is 59.9 Å². The van der Waals surface area contributed by atoms with E-state index in [9.17, 15) is 9.18 Å². The van der Waals surface area contributed by atoms with Gasteiger partial charge in [-0.25, -0.2) is 9.82 Å². The van der Waals surface area contributed by atoms with Gasteiger partial charge in [0.15, 0.2) is 0 Å². The summed E-state index contributed by atoms with van der Waals surface area (Å²) < 4.78 is 23.0. The number of nitrogens with zero attached hydrogens (tertiary/aromatic N) is 1. The molecule has 6 heteroatoms. The molecule has 0 radical (unpaired) electrons. The predicted molar refractivity (Wildman–Crippen MR) is 81.0 cm³/mol. The number of rotatable bonds is 5. The molecule has 0 atom stereocenters. The fraction of sp³-hybridized carbons (Fsp3) is 0.125. The van der Waals surface area contributed by atoms with Crippen LogP contribution in [-0.4, -0.2) is 26.3 Å². The fourth-order valence-corrected chi connectivity index (χ4v) is 1.72. The van der Waals surface area contributed by atoms with Gasteiger partial charge in [-0.3, -0.25) is 4.79 Å². The van der Waals surface area contributed by atoms with Gasteiger partial charge in [-0.15, -0.1) is 0 Å². The van der Waals surface area contributed by atoms with E-state index in [1.807, 2.05) is 0 Å². The van der Waals surface area contributed by atoms with Gasteiger partial charge < -0.3 is 9.47 Å². The van der Waals surface area contributed by atoms with Crippen molar-refractivity contribution in [1.29, 1.82) is 0 Å². The van der Waals surface area contributed by atoms with Crippen LogP contribution in [0.4, 0.5) is 4.39 Å². The minimum atomic E-state index is -0.407. The van der Waals surface area contributed by atoms with Gasteiger partial charge in [-0.2, -0.15) is 5.10 Å². The SMILES string of the molecule is COc1cc(OC)cc(C(=O)N/N=C/c2ccc(F)cc2)c1. The van der Waals surface area contributed by atoms with Crippen molar-refractivity contribution in [2.75, 3.05) is 14.2 Å². The van der Waals surface area contributed by atoms with Gasteiger partial charge in [-0.05, 0) is 29.8 Å². The maximum Gasteiger partial charge on any atom is 0.271 e. The number of methoxy groups -OCH3 is 2. The van der Waals surface area contributed by atoms with Crippen LogP contribution in [0.5, 0.6) is 11.5 Å². The number of amides is 1. The van der Waals surface area contributed by atoms with Crippen LogP contribution >= 0.6 is 0 Å². The number of hydrogen-bond donors (Lipinski definition) is 1. The fourth-order valence-electron chi connectivity index (χ4n) is 1.72. The lowest BCUT2D eigenvalue weighted by Gasteiger charge is -2.07. The molecule has 0 saturated carbocycles. The number of benzene rings is 2. The number of carbonyl (C=O) groups excluding carboxylic acids is 1. The number of ether oxygens (including phenoxy) is 2. The normalized spacial score (nSPS) is 10.5. The summed E-state index contributed by atoms with van der Waals surface area (Å²) in [4.78, 5) is 12.0. The summed E-state index contributed by atoms with van der Waals surface area (Å²) in [5.41, 5.74) is 3.42. The quantitative estimate of drug-likeness (QED) is 0.682. The zero-order valence-corrected chi connectivity index (χ0v) is 12.2. The highest BCUT2D eigenvalue weighted by molar-refractivity contribution is 5.95. The van der Waals surface area contributed by atoms with Crippen molar-refractivity contribution in [2.24, 2.45) is 5.10 Å². The van der Waals surface area contributed by atoms with Gasteiger partial charge in [0.25, 0.3) is 5.91 Å². The first-order valence-corrected chi connectivity index (χ1v) is 6.44. The molecular weight excluding hydrogens is 287 g/mol. The van der Waals surface area contributed by atoms with E-state index in [0.717, 1.165) is 0 Å². The van der Waals surface area contributed by atoms with E-state index in [2.05, 4.69) is 10.5 Å². The van der Waals surface area contributed by atoms with Crippen molar-refractivity contribution in [3.63, 3.8) is 0 Å². The zero-order chi connectivity index (χ0) is 15.9. The molecule has 0 aliphatic carbocycles. The summed E-state index contributed by atoms with van der Waals surface area (Å²) in [6, 6.07) is 10.6. The average Bonchev–Trinajstić information content (AvgIpc) is 2.56. The van der Waals surface area contributed by atoms with E-state index in [4.69, 9.17) is 9.47 Å². The molecule has 1 amide bonds. The lowest BCUT2D eigenvalue weighted by molar-refractivity contribution is 0.0954. The highest BCUT2D eigenvalue weighted by Crippen LogP contribution is 2.22. The van der Waals surface area contributed by atoms with Crippen LogP contribution in [0, 0.1) is 5.82 Å². The average molecular weight is 302 g/mol. The Kier molecular flexibility index (Phi) is 5.08. The molecule has 1 N–H and O–H groups in total. The lowest BCUT2D eigenvalue weighted by Crippen LogP contribution is -2.17. The number of hydrazone groups is 1. The summed E-state index contributed by atoms with van der Waals surface area (Å²) in [5.74, 6) is 0.277. The molecule has 2 aromatic carbocycles. The summed E-state index contributed by atoms with van der Waals surface area (Å²) in [7, 11) is 3.01. The Balaban J connectivity index is 2.07. The molecule has 0 spiro atoms. The largest absolute Gasteiger partial charge is 0.497 e. The van der Waals surface area contributed by atoms with Crippen LogP contribution in [0.15, 0.2) is 47.6 Å². The third kappa shape index (κ3) is 4.05. The summed E-state index contributed by atoms with van der Waals surface area (Å²) in [5, 5.41) is 3.83. The van der Waals surface area contributed by atoms with E-state index in [0.29, 0.717) is 22.6 Å². The maximum atomic E-state index is 12.8. The lowest BCUT2D eigenvalue weighted by atomic mass is 10.2. The zero-order valence-electron chi connectivity index (χ0n) is 12.2. The molecule has 2 rings (SSSR count). The smallest absolute Gasteiger partial charge is 0.271 e. The van der Waals surface area contributed by atoms with Crippen LogP contribution in [0.25, 0.3) is 0 Å². The Bertz CT molecular complexity index is 662. The van der Waals surface area contributed by atoms with E-state index in [-0.39, 0.29) is 5.82 Å². The van der Waals surface area contributed by atoms with Gasteiger partial charge in [-0.1, -0.05) is 12.1 Å². The molecule has 0 unspecified atom stereocenters. The monoisotopic (exact) mass is 302 g/mol. The molecule has 114 valence electrons.